The zero-order chi connectivity index (χ0) is 14.1. The van der Waals surface area contributed by atoms with E-state index in [0.29, 0.717) is 0 Å². The number of nitrogens with zero attached hydrogens (tertiary/aromatic N) is 3. The molecular weight excluding hydrogens is 277 g/mol. The molecular formula is C15H15ClFN3. The van der Waals surface area contributed by atoms with E-state index in [1.807, 2.05) is 6.20 Å². The molecule has 0 fully saturated rings. The van der Waals surface area contributed by atoms with Crippen LogP contribution >= 0.6 is 11.6 Å². The lowest BCUT2D eigenvalue weighted by Crippen LogP contribution is -2.33. The molecule has 1 aromatic heterocycles. The summed E-state index contributed by atoms with van der Waals surface area (Å²) in [7, 11) is 0. The van der Waals surface area contributed by atoms with Crippen molar-refractivity contribution in [1.29, 1.82) is 0 Å². The van der Waals surface area contributed by atoms with Crippen molar-refractivity contribution in [2.24, 2.45) is 0 Å². The average molecular weight is 292 g/mol. The van der Waals surface area contributed by atoms with Gasteiger partial charge in [-0.3, -0.25) is 4.90 Å². The molecule has 1 aliphatic heterocycles. The lowest BCUT2D eigenvalue weighted by Gasteiger charge is -2.33. The Morgan fingerprint density at radius 1 is 1.40 bits per heavy atom. The zero-order valence-electron chi connectivity index (χ0n) is 11.2. The van der Waals surface area contributed by atoms with E-state index in [4.69, 9.17) is 11.6 Å². The van der Waals surface area contributed by atoms with Crippen LogP contribution in [-0.2, 0) is 13.0 Å². The van der Waals surface area contributed by atoms with Crippen molar-refractivity contribution in [3.05, 3.63) is 58.4 Å². The van der Waals surface area contributed by atoms with Crippen molar-refractivity contribution in [2.45, 2.75) is 25.9 Å². The first-order valence-corrected chi connectivity index (χ1v) is 6.99. The molecule has 104 valence electrons. The Labute approximate surface area is 122 Å². The van der Waals surface area contributed by atoms with Crippen molar-refractivity contribution < 1.29 is 4.39 Å². The van der Waals surface area contributed by atoms with Crippen LogP contribution in [0.4, 0.5) is 4.39 Å². The van der Waals surface area contributed by atoms with E-state index < -0.39 is 0 Å². The van der Waals surface area contributed by atoms with Crippen LogP contribution in [0.15, 0.2) is 30.7 Å². The summed E-state index contributed by atoms with van der Waals surface area (Å²) in [6.07, 6.45) is 4.41. The molecule has 1 aliphatic rings. The molecule has 0 amide bonds. The SMILES string of the molecule is C[C@H](c1ccc(F)c(Cl)c1)N1CCc2cncnc2C1. The molecule has 3 rings (SSSR count). The molecule has 3 nitrogen and oxygen atoms in total. The summed E-state index contributed by atoms with van der Waals surface area (Å²) in [4.78, 5) is 10.7. The van der Waals surface area contributed by atoms with Crippen LogP contribution in [-0.4, -0.2) is 21.4 Å². The second kappa shape index (κ2) is 5.46. The smallest absolute Gasteiger partial charge is 0.141 e. The standard InChI is InChI=1S/C15H15ClFN3/c1-10(11-2-3-14(17)13(16)6-11)20-5-4-12-7-18-9-19-15(12)8-20/h2-3,6-7,9-10H,4-5,8H2,1H3/t10-/m1/s1. The first-order chi connectivity index (χ1) is 9.65. The van der Waals surface area contributed by atoms with E-state index in [9.17, 15) is 4.39 Å². The number of hydrogen-bond donors (Lipinski definition) is 0. The first kappa shape index (κ1) is 13.5. The largest absolute Gasteiger partial charge is 0.290 e. The summed E-state index contributed by atoms with van der Waals surface area (Å²) in [5, 5.41) is 0.175. The first-order valence-electron chi connectivity index (χ1n) is 6.62. The van der Waals surface area contributed by atoms with Crippen molar-refractivity contribution in [1.82, 2.24) is 14.9 Å². The monoisotopic (exact) mass is 291 g/mol. The minimum Gasteiger partial charge on any atom is -0.290 e. The van der Waals surface area contributed by atoms with Crippen LogP contribution < -0.4 is 0 Å². The maximum Gasteiger partial charge on any atom is 0.141 e. The summed E-state index contributed by atoms with van der Waals surface area (Å²) in [5.41, 5.74) is 3.31. The van der Waals surface area contributed by atoms with Gasteiger partial charge in [-0.1, -0.05) is 17.7 Å². The molecule has 0 N–H and O–H groups in total. The van der Waals surface area contributed by atoms with Crippen LogP contribution in [0.2, 0.25) is 5.02 Å². The minimum atomic E-state index is -0.376. The Hall–Kier alpha value is -1.52. The molecule has 0 radical (unpaired) electrons. The third-order valence-corrected chi connectivity index (χ3v) is 4.17. The molecule has 1 aromatic carbocycles. The van der Waals surface area contributed by atoms with Gasteiger partial charge >= 0.3 is 0 Å². The molecule has 0 bridgehead atoms. The third kappa shape index (κ3) is 2.53. The number of hydrogen-bond acceptors (Lipinski definition) is 3. The molecule has 1 atom stereocenters. The van der Waals surface area contributed by atoms with E-state index in [-0.39, 0.29) is 16.9 Å². The van der Waals surface area contributed by atoms with Crippen LogP contribution in [0.1, 0.15) is 29.8 Å². The van der Waals surface area contributed by atoms with E-state index >= 15 is 0 Å². The van der Waals surface area contributed by atoms with Gasteiger partial charge in [0.15, 0.2) is 0 Å². The fourth-order valence-electron chi connectivity index (χ4n) is 2.58. The fraction of sp³-hybridized carbons (Fsp3) is 0.333. The molecule has 0 saturated carbocycles. The van der Waals surface area contributed by atoms with E-state index in [1.54, 1.807) is 18.5 Å². The number of aromatic nitrogens is 2. The number of benzene rings is 1. The van der Waals surface area contributed by atoms with Crippen LogP contribution in [0, 0.1) is 5.82 Å². The molecule has 5 heteroatoms. The number of fused-ring (bicyclic) bond motifs is 1. The van der Waals surface area contributed by atoms with Crippen molar-refractivity contribution in [3.8, 4) is 0 Å². The molecule has 0 aliphatic carbocycles. The van der Waals surface area contributed by atoms with Gasteiger partial charge in [-0.2, -0.15) is 0 Å². The highest BCUT2D eigenvalue weighted by atomic mass is 35.5. The maximum absolute atomic E-state index is 13.2. The molecule has 2 heterocycles. The molecule has 0 unspecified atom stereocenters. The van der Waals surface area contributed by atoms with E-state index in [0.717, 1.165) is 30.8 Å². The van der Waals surface area contributed by atoms with Gasteiger partial charge in [0.05, 0.1) is 10.7 Å². The van der Waals surface area contributed by atoms with E-state index in [2.05, 4.69) is 21.8 Å². The van der Waals surface area contributed by atoms with Gasteiger partial charge in [0.2, 0.25) is 0 Å². The van der Waals surface area contributed by atoms with Crippen molar-refractivity contribution in [3.63, 3.8) is 0 Å². The molecule has 2 aromatic rings. The second-order valence-electron chi connectivity index (χ2n) is 5.06. The lowest BCUT2D eigenvalue weighted by molar-refractivity contribution is 0.188. The highest BCUT2D eigenvalue weighted by Crippen LogP contribution is 2.28. The zero-order valence-corrected chi connectivity index (χ0v) is 11.9. The summed E-state index contributed by atoms with van der Waals surface area (Å²) < 4.78 is 13.2. The third-order valence-electron chi connectivity index (χ3n) is 3.88. The average Bonchev–Trinajstić information content (AvgIpc) is 2.49. The normalized spacial score (nSPS) is 16.8. The molecule has 0 saturated heterocycles. The van der Waals surface area contributed by atoms with Gasteiger partial charge in [-0.05, 0) is 36.6 Å². The van der Waals surface area contributed by atoms with Crippen molar-refractivity contribution in [2.75, 3.05) is 6.54 Å². The highest BCUT2D eigenvalue weighted by Gasteiger charge is 2.23. The number of rotatable bonds is 2. The Balaban J connectivity index is 1.82. The topological polar surface area (TPSA) is 29.0 Å². The predicted octanol–water partition coefficient (Wildman–Crippen LogP) is 3.39. The fourth-order valence-corrected chi connectivity index (χ4v) is 2.77. The lowest BCUT2D eigenvalue weighted by atomic mass is 10.0. The quantitative estimate of drug-likeness (QED) is 0.849. The summed E-state index contributed by atoms with van der Waals surface area (Å²) in [6.45, 7) is 3.83. The summed E-state index contributed by atoms with van der Waals surface area (Å²) in [5.74, 6) is -0.376. The summed E-state index contributed by atoms with van der Waals surface area (Å²) in [6, 6.07) is 5.10. The Bertz CT molecular complexity index is 632. The Morgan fingerprint density at radius 3 is 3.05 bits per heavy atom. The maximum atomic E-state index is 13.2. The summed E-state index contributed by atoms with van der Waals surface area (Å²) >= 11 is 5.86. The van der Waals surface area contributed by atoms with Crippen molar-refractivity contribution >= 4 is 11.6 Å². The molecule has 20 heavy (non-hydrogen) atoms. The Kier molecular flexibility index (Phi) is 3.68. The van der Waals surface area contributed by atoms with E-state index in [1.165, 1.54) is 11.6 Å². The van der Waals surface area contributed by atoms with Crippen LogP contribution in [0.3, 0.4) is 0 Å². The van der Waals surface area contributed by atoms with Gasteiger partial charge in [-0.25, -0.2) is 14.4 Å². The highest BCUT2D eigenvalue weighted by molar-refractivity contribution is 6.30. The van der Waals surface area contributed by atoms with Crippen LogP contribution in [0.5, 0.6) is 0 Å². The van der Waals surface area contributed by atoms with Gasteiger partial charge in [0.25, 0.3) is 0 Å². The van der Waals surface area contributed by atoms with Gasteiger partial charge in [-0.15, -0.1) is 0 Å². The van der Waals surface area contributed by atoms with Gasteiger partial charge in [0.1, 0.15) is 12.1 Å². The molecule has 0 spiro atoms. The minimum absolute atomic E-state index is 0.175. The van der Waals surface area contributed by atoms with Gasteiger partial charge < -0.3 is 0 Å². The Morgan fingerprint density at radius 2 is 2.25 bits per heavy atom. The van der Waals surface area contributed by atoms with Gasteiger partial charge in [0, 0.05) is 25.3 Å². The predicted molar refractivity (Wildman–Crippen MR) is 76.0 cm³/mol. The number of halogens is 2. The second-order valence-corrected chi connectivity index (χ2v) is 5.47. The van der Waals surface area contributed by atoms with Crippen LogP contribution in [0.25, 0.3) is 0 Å².